The van der Waals surface area contributed by atoms with Gasteiger partial charge in [-0.15, -0.1) is 23.2 Å². The van der Waals surface area contributed by atoms with Crippen LogP contribution in [0.1, 0.15) is 6.42 Å². The molecule has 0 aromatic carbocycles. The van der Waals surface area contributed by atoms with E-state index in [1.807, 2.05) is 0 Å². The summed E-state index contributed by atoms with van der Waals surface area (Å²) in [4.78, 5) is 11.2. The summed E-state index contributed by atoms with van der Waals surface area (Å²) in [6, 6.07) is 0. The van der Waals surface area contributed by atoms with E-state index < -0.39 is 20.3 Å². The van der Waals surface area contributed by atoms with Crippen molar-refractivity contribution < 1.29 is 13.2 Å². The Labute approximate surface area is 92.0 Å². The largest absolute Gasteiger partial charge is 0.355 e. The standard InChI is InChI=1S/C6H10Cl2N2O3S/c7-6(8)3-4(6)5(11)10-1-2-14(9,12)13/h4H,1-3H2,(H,10,11)(H2,9,12,13). The number of nitrogens with two attached hydrogens (primary N) is 1. The second-order valence-electron chi connectivity index (χ2n) is 3.18. The van der Waals surface area contributed by atoms with E-state index in [2.05, 4.69) is 5.32 Å². The molecule has 1 aliphatic rings. The molecule has 3 N–H and O–H groups in total. The van der Waals surface area contributed by atoms with Gasteiger partial charge in [-0.2, -0.15) is 0 Å². The summed E-state index contributed by atoms with van der Waals surface area (Å²) < 4.78 is 20.0. The van der Waals surface area contributed by atoms with Gasteiger partial charge in [-0.05, 0) is 6.42 Å². The topological polar surface area (TPSA) is 89.3 Å². The zero-order chi connectivity index (χ0) is 11.0. The van der Waals surface area contributed by atoms with Crippen molar-refractivity contribution in [3.63, 3.8) is 0 Å². The van der Waals surface area contributed by atoms with Crippen molar-refractivity contribution in [1.29, 1.82) is 0 Å². The van der Waals surface area contributed by atoms with E-state index in [0.29, 0.717) is 6.42 Å². The predicted octanol–water partition coefficient (Wildman–Crippen LogP) is -0.415. The number of sulfonamides is 1. The van der Waals surface area contributed by atoms with Crippen LogP contribution in [-0.4, -0.2) is 31.0 Å². The molecule has 0 aromatic heterocycles. The molecular weight excluding hydrogens is 251 g/mol. The molecule has 0 aromatic rings. The van der Waals surface area contributed by atoms with Crippen LogP contribution in [-0.2, 0) is 14.8 Å². The summed E-state index contributed by atoms with van der Waals surface area (Å²) in [6.45, 7) is -0.0158. The lowest BCUT2D eigenvalue weighted by Gasteiger charge is -2.03. The number of nitrogens with one attached hydrogen (secondary N) is 1. The first kappa shape index (κ1) is 12.0. The van der Waals surface area contributed by atoms with Crippen LogP contribution < -0.4 is 10.5 Å². The second-order valence-corrected chi connectivity index (χ2v) is 6.45. The molecule has 0 heterocycles. The average Bonchev–Trinajstić information content (AvgIpc) is 2.57. The Morgan fingerprint density at radius 1 is 1.57 bits per heavy atom. The van der Waals surface area contributed by atoms with E-state index in [-0.39, 0.29) is 18.2 Å². The highest BCUT2D eigenvalue weighted by Crippen LogP contribution is 2.53. The first-order chi connectivity index (χ1) is 6.22. The van der Waals surface area contributed by atoms with Gasteiger partial charge in [0.15, 0.2) is 0 Å². The quantitative estimate of drug-likeness (QED) is 0.674. The fourth-order valence-corrected chi connectivity index (χ4v) is 1.83. The molecule has 1 aliphatic carbocycles. The van der Waals surface area contributed by atoms with E-state index in [0.717, 1.165) is 0 Å². The maximum Gasteiger partial charge on any atom is 0.226 e. The van der Waals surface area contributed by atoms with Gasteiger partial charge >= 0.3 is 0 Å². The molecular formula is C6H10Cl2N2O3S. The Morgan fingerprint density at radius 3 is 2.43 bits per heavy atom. The molecule has 1 amide bonds. The minimum absolute atomic E-state index is 0.0158. The molecule has 14 heavy (non-hydrogen) atoms. The molecule has 82 valence electrons. The van der Waals surface area contributed by atoms with Crippen molar-refractivity contribution in [2.45, 2.75) is 10.8 Å². The number of carbonyl (C=O) groups is 1. The molecule has 0 bridgehead atoms. The first-order valence-corrected chi connectivity index (χ1v) is 6.35. The van der Waals surface area contributed by atoms with Gasteiger partial charge in [0, 0.05) is 6.54 Å². The van der Waals surface area contributed by atoms with Crippen LogP contribution in [0.15, 0.2) is 0 Å². The maximum absolute atomic E-state index is 11.2. The normalized spacial score (nSPS) is 24.4. The first-order valence-electron chi connectivity index (χ1n) is 3.88. The third kappa shape index (κ3) is 3.61. The molecule has 0 spiro atoms. The second kappa shape index (κ2) is 3.84. The molecule has 1 atom stereocenters. The Hall–Kier alpha value is -0.0400. The minimum Gasteiger partial charge on any atom is -0.355 e. The molecule has 5 nitrogen and oxygen atoms in total. The van der Waals surface area contributed by atoms with E-state index >= 15 is 0 Å². The van der Waals surface area contributed by atoms with Gasteiger partial charge in [-0.3, -0.25) is 4.79 Å². The highest BCUT2D eigenvalue weighted by Gasteiger charge is 2.56. The van der Waals surface area contributed by atoms with Crippen LogP contribution >= 0.6 is 23.2 Å². The average molecular weight is 261 g/mol. The monoisotopic (exact) mass is 260 g/mol. The third-order valence-electron chi connectivity index (χ3n) is 1.83. The fraction of sp³-hybridized carbons (Fsp3) is 0.833. The van der Waals surface area contributed by atoms with E-state index in [4.69, 9.17) is 28.3 Å². The molecule has 1 saturated carbocycles. The SMILES string of the molecule is NS(=O)(=O)CCNC(=O)C1CC1(Cl)Cl. The molecule has 0 aliphatic heterocycles. The van der Waals surface area contributed by atoms with Crippen LogP contribution in [0.5, 0.6) is 0 Å². The Balaban J connectivity index is 2.24. The number of hydrogen-bond donors (Lipinski definition) is 2. The molecule has 1 rings (SSSR count). The van der Waals surface area contributed by atoms with Crippen LogP contribution in [0.4, 0.5) is 0 Å². The van der Waals surface area contributed by atoms with Gasteiger partial charge in [-0.1, -0.05) is 0 Å². The molecule has 0 radical (unpaired) electrons. The Bertz CT molecular complexity index is 341. The van der Waals surface area contributed by atoms with Gasteiger partial charge in [0.2, 0.25) is 15.9 Å². The summed E-state index contributed by atoms with van der Waals surface area (Å²) >= 11 is 11.3. The highest BCUT2D eigenvalue weighted by molar-refractivity contribution is 7.89. The number of alkyl halides is 2. The summed E-state index contributed by atoms with van der Waals surface area (Å²) in [5.74, 6) is -1.06. The summed E-state index contributed by atoms with van der Waals surface area (Å²) in [6.07, 6.45) is 0.400. The highest BCUT2D eigenvalue weighted by atomic mass is 35.5. The third-order valence-corrected chi connectivity index (χ3v) is 3.44. The lowest BCUT2D eigenvalue weighted by atomic mass is 10.4. The molecule has 1 fully saturated rings. The Kier molecular flexibility index (Phi) is 3.30. The number of primary sulfonamides is 1. The van der Waals surface area contributed by atoms with Gasteiger partial charge in [0.25, 0.3) is 0 Å². The minimum atomic E-state index is -3.53. The van der Waals surface area contributed by atoms with Crippen LogP contribution in [0.3, 0.4) is 0 Å². The molecule has 8 heteroatoms. The van der Waals surface area contributed by atoms with Gasteiger partial charge < -0.3 is 5.32 Å². The number of hydrogen-bond acceptors (Lipinski definition) is 3. The molecule has 0 saturated heterocycles. The van der Waals surface area contributed by atoms with E-state index in [9.17, 15) is 13.2 Å². The van der Waals surface area contributed by atoms with Crippen molar-refractivity contribution in [1.82, 2.24) is 5.32 Å². The number of halogens is 2. The number of rotatable bonds is 4. The van der Waals surface area contributed by atoms with Gasteiger partial charge in [-0.25, -0.2) is 13.6 Å². The summed E-state index contributed by atoms with van der Waals surface area (Å²) in [7, 11) is -3.53. The summed E-state index contributed by atoms with van der Waals surface area (Å²) in [5, 5.41) is 7.13. The van der Waals surface area contributed by atoms with Crippen LogP contribution in [0, 0.1) is 5.92 Å². The predicted molar refractivity (Wildman–Crippen MR) is 53.5 cm³/mol. The number of carbonyl (C=O) groups excluding carboxylic acids is 1. The lowest BCUT2D eigenvalue weighted by Crippen LogP contribution is -2.33. The van der Waals surface area contributed by atoms with Crippen molar-refractivity contribution in [2.75, 3.05) is 12.3 Å². The lowest BCUT2D eigenvalue weighted by molar-refractivity contribution is -0.122. The number of amides is 1. The van der Waals surface area contributed by atoms with E-state index in [1.54, 1.807) is 0 Å². The van der Waals surface area contributed by atoms with Crippen LogP contribution in [0.2, 0.25) is 0 Å². The van der Waals surface area contributed by atoms with Gasteiger partial charge in [0.05, 0.1) is 11.7 Å². The van der Waals surface area contributed by atoms with Gasteiger partial charge in [0.1, 0.15) is 4.33 Å². The van der Waals surface area contributed by atoms with Crippen molar-refractivity contribution >= 4 is 39.1 Å². The zero-order valence-corrected chi connectivity index (χ0v) is 9.49. The van der Waals surface area contributed by atoms with Crippen LogP contribution in [0.25, 0.3) is 0 Å². The zero-order valence-electron chi connectivity index (χ0n) is 7.16. The van der Waals surface area contributed by atoms with Crippen molar-refractivity contribution in [3.8, 4) is 0 Å². The van der Waals surface area contributed by atoms with E-state index in [1.165, 1.54) is 0 Å². The Morgan fingerprint density at radius 2 is 2.07 bits per heavy atom. The summed E-state index contributed by atoms with van der Waals surface area (Å²) in [5.41, 5.74) is 0. The van der Waals surface area contributed by atoms with Crippen molar-refractivity contribution in [2.24, 2.45) is 11.1 Å². The fourth-order valence-electron chi connectivity index (χ4n) is 0.937. The smallest absolute Gasteiger partial charge is 0.226 e. The maximum atomic E-state index is 11.2. The van der Waals surface area contributed by atoms with Crippen molar-refractivity contribution in [3.05, 3.63) is 0 Å². The molecule has 1 unspecified atom stereocenters.